The lowest BCUT2D eigenvalue weighted by atomic mass is 10.0. The first-order valence-corrected chi connectivity index (χ1v) is 12.4. The van der Waals surface area contributed by atoms with E-state index in [-0.39, 0.29) is 24.4 Å². The van der Waals surface area contributed by atoms with Crippen LogP contribution in [0.2, 0.25) is 0 Å². The van der Waals surface area contributed by atoms with Crippen LogP contribution in [0.5, 0.6) is 0 Å². The van der Waals surface area contributed by atoms with Crippen LogP contribution in [0.15, 0.2) is 39.6 Å². The average Bonchev–Trinajstić information content (AvgIpc) is 3.25. The number of carbonyl (C=O) groups is 2. The van der Waals surface area contributed by atoms with E-state index in [1.54, 1.807) is 11.4 Å². The van der Waals surface area contributed by atoms with Crippen molar-refractivity contribution in [1.82, 2.24) is 9.55 Å². The summed E-state index contributed by atoms with van der Waals surface area (Å²) in [5, 5.41) is 13.9. The molecule has 2 N–H and O–H groups in total. The van der Waals surface area contributed by atoms with Gasteiger partial charge in [0.05, 0.1) is 17.2 Å². The monoisotopic (exact) mass is 473 g/mol. The van der Waals surface area contributed by atoms with E-state index >= 15 is 0 Å². The van der Waals surface area contributed by atoms with Crippen LogP contribution in [-0.2, 0) is 29.0 Å². The van der Waals surface area contributed by atoms with Crippen molar-refractivity contribution < 1.29 is 14.7 Å². The molecule has 2 aromatic heterocycles. The molecule has 3 rings (SSSR count). The molecule has 3 aromatic rings. The zero-order chi connectivity index (χ0) is 23.3. The molecule has 0 bridgehead atoms. The molecule has 0 fully saturated rings. The maximum Gasteiger partial charge on any atom is 0.305 e. The van der Waals surface area contributed by atoms with E-state index < -0.39 is 11.2 Å². The number of thiophene rings is 1. The van der Waals surface area contributed by atoms with Crippen LogP contribution in [0.3, 0.4) is 0 Å². The predicted octanol–water partition coefficient (Wildman–Crippen LogP) is 4.57. The Balaban J connectivity index is 1.93. The molecule has 0 spiro atoms. The highest BCUT2D eigenvalue weighted by Gasteiger charge is 2.24. The molecule has 2 heterocycles. The first-order chi connectivity index (χ1) is 15.4. The summed E-state index contributed by atoms with van der Waals surface area (Å²) in [6.45, 7) is 6.02. The number of aromatic nitrogens is 2. The van der Waals surface area contributed by atoms with Gasteiger partial charge in [-0.05, 0) is 41.8 Å². The molecule has 1 aromatic carbocycles. The van der Waals surface area contributed by atoms with Gasteiger partial charge in [-0.3, -0.25) is 19.0 Å². The molecule has 0 aliphatic carbocycles. The van der Waals surface area contributed by atoms with Crippen LogP contribution in [-0.4, -0.2) is 31.8 Å². The number of aliphatic carboxylic acids is 1. The fourth-order valence-corrected chi connectivity index (χ4v) is 5.29. The van der Waals surface area contributed by atoms with Crippen LogP contribution in [0.4, 0.5) is 5.69 Å². The topological polar surface area (TPSA) is 101 Å². The lowest BCUT2D eigenvalue weighted by Gasteiger charge is -2.20. The number of para-hydroxylation sites is 1. The molecule has 0 aliphatic heterocycles. The zero-order valence-electron chi connectivity index (χ0n) is 18.4. The van der Waals surface area contributed by atoms with Crippen molar-refractivity contribution >= 4 is 50.9 Å². The smallest absolute Gasteiger partial charge is 0.305 e. The van der Waals surface area contributed by atoms with Gasteiger partial charge < -0.3 is 10.4 Å². The Kier molecular flexibility index (Phi) is 8.09. The van der Waals surface area contributed by atoms with Crippen LogP contribution in [0.1, 0.15) is 44.7 Å². The number of nitrogens with zero attached hydrogens (tertiary/aromatic N) is 2. The van der Waals surface area contributed by atoms with Gasteiger partial charge in [0.1, 0.15) is 4.70 Å². The number of hydrogen-bond donors (Lipinski definition) is 2. The second-order valence-electron chi connectivity index (χ2n) is 7.29. The zero-order valence-corrected chi connectivity index (χ0v) is 20.0. The maximum atomic E-state index is 13.2. The first-order valence-electron chi connectivity index (χ1n) is 10.7. The second-order valence-corrected chi connectivity index (χ2v) is 9.38. The fraction of sp³-hybridized carbons (Fsp3) is 0.391. The Morgan fingerprint density at radius 3 is 2.47 bits per heavy atom. The lowest BCUT2D eigenvalue weighted by Crippen LogP contribution is -2.29. The number of hydrogen-bond acceptors (Lipinski definition) is 6. The number of carboxylic acids is 1. The van der Waals surface area contributed by atoms with Crippen molar-refractivity contribution in [2.75, 3.05) is 5.32 Å². The van der Waals surface area contributed by atoms with E-state index in [9.17, 15) is 14.4 Å². The summed E-state index contributed by atoms with van der Waals surface area (Å²) >= 11 is 2.49. The van der Waals surface area contributed by atoms with E-state index in [1.165, 1.54) is 27.7 Å². The summed E-state index contributed by atoms with van der Waals surface area (Å²) in [5.41, 5.74) is 3.30. The lowest BCUT2D eigenvalue weighted by molar-refractivity contribution is -0.137. The summed E-state index contributed by atoms with van der Waals surface area (Å²) in [6, 6.07) is 7.79. The molecule has 170 valence electrons. The highest BCUT2D eigenvalue weighted by atomic mass is 32.2. The van der Waals surface area contributed by atoms with Crippen molar-refractivity contribution in [3.8, 4) is 0 Å². The second kappa shape index (κ2) is 10.8. The molecule has 9 heteroatoms. The molecule has 7 nitrogen and oxygen atoms in total. The SMILES string of the molecule is CCc1cccc(CC)c1NC(=O)[C@@H](CC)Sc1nc2ccsc2c(=O)n1CCC(=O)O. The Hall–Kier alpha value is -2.65. The molecule has 0 saturated heterocycles. The molecule has 0 unspecified atom stereocenters. The number of rotatable bonds is 10. The summed E-state index contributed by atoms with van der Waals surface area (Å²) in [6.07, 6.45) is 1.94. The number of carbonyl (C=O) groups excluding carboxylic acids is 1. The summed E-state index contributed by atoms with van der Waals surface area (Å²) in [5.74, 6) is -1.15. The van der Waals surface area contributed by atoms with Crippen LogP contribution in [0, 0.1) is 0 Å². The van der Waals surface area contributed by atoms with E-state index in [2.05, 4.69) is 24.1 Å². The number of fused-ring (bicyclic) bond motifs is 1. The minimum absolute atomic E-state index is 0.00798. The Bertz CT molecular complexity index is 1160. The van der Waals surface area contributed by atoms with Gasteiger partial charge in [-0.1, -0.05) is 50.7 Å². The highest BCUT2D eigenvalue weighted by molar-refractivity contribution is 8.00. The molecule has 0 saturated carbocycles. The number of benzene rings is 1. The van der Waals surface area contributed by atoms with Gasteiger partial charge in [-0.15, -0.1) is 11.3 Å². The number of carboxylic acid groups (broad SMARTS) is 1. The number of nitrogens with one attached hydrogen (secondary N) is 1. The molecule has 0 aliphatic rings. The van der Waals surface area contributed by atoms with E-state index in [0.29, 0.717) is 21.8 Å². The third-order valence-electron chi connectivity index (χ3n) is 5.24. The molecule has 1 amide bonds. The molecule has 32 heavy (non-hydrogen) atoms. The van der Waals surface area contributed by atoms with Crippen molar-refractivity contribution in [2.45, 2.75) is 63.4 Å². The summed E-state index contributed by atoms with van der Waals surface area (Å²) in [7, 11) is 0. The molecular weight excluding hydrogens is 446 g/mol. The van der Waals surface area contributed by atoms with Crippen LogP contribution < -0.4 is 10.9 Å². The summed E-state index contributed by atoms with van der Waals surface area (Å²) < 4.78 is 1.87. The van der Waals surface area contributed by atoms with Crippen LogP contribution >= 0.6 is 23.1 Å². The normalized spacial score (nSPS) is 12.1. The first kappa shape index (κ1) is 24.0. The van der Waals surface area contributed by atoms with Crippen LogP contribution in [0.25, 0.3) is 10.2 Å². The van der Waals surface area contributed by atoms with Crippen molar-refractivity contribution in [3.63, 3.8) is 0 Å². The quantitative estimate of drug-likeness (QED) is 0.330. The Morgan fingerprint density at radius 1 is 1.19 bits per heavy atom. The molecule has 0 radical (unpaired) electrons. The largest absolute Gasteiger partial charge is 0.481 e. The Labute approximate surface area is 194 Å². The van der Waals surface area contributed by atoms with Crippen molar-refractivity contribution in [2.24, 2.45) is 0 Å². The standard InChI is InChI=1S/C23H27N3O4S2/c1-4-14-8-7-9-15(5-2)19(14)25-21(29)17(6-3)32-23-24-16-11-13-31-20(16)22(30)26(23)12-10-18(27)28/h7-9,11,13,17H,4-6,10,12H2,1-3H3,(H,25,29)(H,27,28)/t17-/m1/s1. The van der Waals surface area contributed by atoms with Crippen molar-refractivity contribution in [1.29, 1.82) is 0 Å². The minimum Gasteiger partial charge on any atom is -0.481 e. The van der Waals surface area contributed by atoms with Gasteiger partial charge in [-0.25, -0.2) is 4.98 Å². The van der Waals surface area contributed by atoms with Gasteiger partial charge in [0.2, 0.25) is 5.91 Å². The Morgan fingerprint density at radius 2 is 1.88 bits per heavy atom. The highest BCUT2D eigenvalue weighted by Crippen LogP contribution is 2.29. The van der Waals surface area contributed by atoms with E-state index in [1.807, 2.05) is 25.1 Å². The fourth-order valence-electron chi connectivity index (χ4n) is 3.47. The molecular formula is C23H27N3O4S2. The predicted molar refractivity (Wildman–Crippen MR) is 130 cm³/mol. The third-order valence-corrected chi connectivity index (χ3v) is 7.48. The van der Waals surface area contributed by atoms with Gasteiger partial charge in [0.15, 0.2) is 5.16 Å². The number of amides is 1. The summed E-state index contributed by atoms with van der Waals surface area (Å²) in [4.78, 5) is 41.9. The van der Waals surface area contributed by atoms with E-state index in [4.69, 9.17) is 5.11 Å². The van der Waals surface area contributed by atoms with E-state index in [0.717, 1.165) is 29.7 Å². The van der Waals surface area contributed by atoms with Crippen molar-refractivity contribution in [3.05, 3.63) is 51.1 Å². The number of anilines is 1. The molecule has 1 atom stereocenters. The third kappa shape index (κ3) is 5.21. The maximum absolute atomic E-state index is 13.2. The number of aryl methyl sites for hydroxylation is 2. The van der Waals surface area contributed by atoms with Gasteiger partial charge in [0, 0.05) is 12.2 Å². The van der Waals surface area contributed by atoms with Gasteiger partial charge in [0.25, 0.3) is 5.56 Å². The minimum atomic E-state index is -0.993. The van der Waals surface area contributed by atoms with Gasteiger partial charge in [-0.2, -0.15) is 0 Å². The average molecular weight is 474 g/mol. The van der Waals surface area contributed by atoms with Gasteiger partial charge >= 0.3 is 5.97 Å². The number of thioether (sulfide) groups is 1.